The van der Waals surface area contributed by atoms with E-state index in [1.54, 1.807) is 0 Å². The van der Waals surface area contributed by atoms with E-state index in [0.717, 1.165) is 44.6 Å². The van der Waals surface area contributed by atoms with Gasteiger partial charge in [0.15, 0.2) is 0 Å². The molecule has 2 amide bonds. The zero-order valence-corrected chi connectivity index (χ0v) is 16.3. The maximum atomic E-state index is 13.0. The average Bonchev–Trinajstić information content (AvgIpc) is 2.80. The summed E-state index contributed by atoms with van der Waals surface area (Å²) >= 11 is 0. The van der Waals surface area contributed by atoms with Gasteiger partial charge in [0.1, 0.15) is 0 Å². The number of amides is 2. The first-order chi connectivity index (χ1) is 13.5. The molecule has 1 fully saturated rings. The normalized spacial score (nSPS) is 22.2. The van der Waals surface area contributed by atoms with E-state index >= 15 is 0 Å². The van der Waals surface area contributed by atoms with Gasteiger partial charge in [-0.05, 0) is 54.6 Å². The van der Waals surface area contributed by atoms with Crippen molar-refractivity contribution in [2.24, 2.45) is 5.41 Å². The number of nitrogens with zero attached hydrogens (tertiary/aromatic N) is 1. The molecule has 1 spiro atoms. The van der Waals surface area contributed by atoms with Crippen LogP contribution in [0, 0.1) is 5.41 Å². The first-order valence-corrected chi connectivity index (χ1v) is 9.98. The monoisotopic (exact) mass is 377 g/mol. The van der Waals surface area contributed by atoms with Gasteiger partial charge in [-0.3, -0.25) is 14.5 Å². The van der Waals surface area contributed by atoms with Crippen LogP contribution in [-0.2, 0) is 29.1 Å². The van der Waals surface area contributed by atoms with E-state index in [0.29, 0.717) is 6.54 Å². The van der Waals surface area contributed by atoms with Crippen molar-refractivity contribution >= 4 is 17.5 Å². The van der Waals surface area contributed by atoms with E-state index in [1.165, 1.54) is 23.6 Å². The van der Waals surface area contributed by atoms with Crippen LogP contribution < -0.4 is 10.6 Å². The van der Waals surface area contributed by atoms with Crippen LogP contribution in [0.1, 0.15) is 36.5 Å². The number of carbonyl (C=O) groups is 2. The fourth-order valence-corrected chi connectivity index (χ4v) is 4.56. The summed E-state index contributed by atoms with van der Waals surface area (Å²) in [7, 11) is 0. The highest BCUT2D eigenvalue weighted by atomic mass is 16.2. The molecule has 2 aliphatic heterocycles. The Morgan fingerprint density at radius 2 is 1.89 bits per heavy atom. The van der Waals surface area contributed by atoms with E-state index in [-0.39, 0.29) is 17.2 Å². The lowest BCUT2D eigenvalue weighted by Gasteiger charge is -2.41. The molecule has 146 valence electrons. The molecule has 28 heavy (non-hydrogen) atoms. The minimum atomic E-state index is -0.346. The third kappa shape index (κ3) is 3.94. The Morgan fingerprint density at radius 3 is 2.64 bits per heavy atom. The van der Waals surface area contributed by atoms with E-state index in [2.05, 4.69) is 45.9 Å². The zero-order chi connectivity index (χ0) is 19.6. The van der Waals surface area contributed by atoms with Crippen LogP contribution in [0.2, 0.25) is 0 Å². The Bertz CT molecular complexity index is 878. The lowest BCUT2D eigenvalue weighted by Crippen LogP contribution is -2.51. The summed E-state index contributed by atoms with van der Waals surface area (Å²) in [5.41, 5.74) is 4.19. The highest BCUT2D eigenvalue weighted by Gasteiger charge is 2.43. The second-order valence-corrected chi connectivity index (χ2v) is 8.10. The summed E-state index contributed by atoms with van der Waals surface area (Å²) in [5, 5.41) is 5.96. The molecule has 0 bridgehead atoms. The first-order valence-electron chi connectivity index (χ1n) is 9.98. The van der Waals surface area contributed by atoms with Crippen LogP contribution in [0.15, 0.2) is 48.5 Å². The molecule has 0 radical (unpaired) electrons. The number of anilines is 1. The summed E-state index contributed by atoms with van der Waals surface area (Å²) in [4.78, 5) is 26.6. The summed E-state index contributed by atoms with van der Waals surface area (Å²) in [6.45, 7) is 4.74. The zero-order valence-electron chi connectivity index (χ0n) is 16.3. The molecule has 1 saturated heterocycles. The summed E-state index contributed by atoms with van der Waals surface area (Å²) in [6, 6.07) is 16.4. The molecule has 2 aliphatic rings. The first kappa shape index (κ1) is 18.7. The number of rotatable bonds is 3. The predicted octanol–water partition coefficient (Wildman–Crippen LogP) is 3.10. The van der Waals surface area contributed by atoms with Gasteiger partial charge in [-0.1, -0.05) is 36.4 Å². The lowest BCUT2D eigenvalue weighted by molar-refractivity contribution is -0.134. The van der Waals surface area contributed by atoms with Gasteiger partial charge in [0, 0.05) is 32.2 Å². The molecule has 0 aliphatic carbocycles. The highest BCUT2D eigenvalue weighted by Crippen LogP contribution is 2.37. The van der Waals surface area contributed by atoms with E-state index in [1.807, 2.05) is 18.2 Å². The number of piperidine rings is 1. The Labute approximate surface area is 166 Å². The topological polar surface area (TPSA) is 61.4 Å². The lowest BCUT2D eigenvalue weighted by atomic mass is 9.74. The van der Waals surface area contributed by atoms with E-state index < -0.39 is 0 Å². The standard InChI is InChI=1S/C23H27N3O2/c1-17(27)25-21-9-7-18(8-10-21)15-26-12-4-11-23(16-26)13-19-5-2-3-6-20(19)14-24-22(23)28/h2-3,5-10H,4,11-16H2,1H3,(H,24,28)(H,25,27). The van der Waals surface area contributed by atoms with Crippen LogP contribution in [-0.4, -0.2) is 29.8 Å². The van der Waals surface area contributed by atoms with Gasteiger partial charge in [-0.25, -0.2) is 0 Å². The molecular weight excluding hydrogens is 350 g/mol. The number of carbonyl (C=O) groups excluding carboxylic acids is 2. The maximum absolute atomic E-state index is 13.0. The Kier molecular flexibility index (Phi) is 5.18. The molecule has 1 unspecified atom stereocenters. The summed E-state index contributed by atoms with van der Waals surface area (Å²) < 4.78 is 0. The third-order valence-corrected chi connectivity index (χ3v) is 5.90. The van der Waals surface area contributed by atoms with E-state index in [9.17, 15) is 9.59 Å². The summed E-state index contributed by atoms with van der Waals surface area (Å²) in [6.07, 6.45) is 2.78. The van der Waals surface area contributed by atoms with Crippen LogP contribution >= 0.6 is 0 Å². The van der Waals surface area contributed by atoms with Crippen molar-refractivity contribution in [3.8, 4) is 0 Å². The van der Waals surface area contributed by atoms with Crippen LogP contribution in [0.5, 0.6) is 0 Å². The van der Waals surface area contributed by atoms with Gasteiger partial charge in [0.05, 0.1) is 5.41 Å². The highest BCUT2D eigenvalue weighted by molar-refractivity contribution is 5.88. The van der Waals surface area contributed by atoms with Gasteiger partial charge in [-0.2, -0.15) is 0 Å². The molecule has 0 aromatic heterocycles. The van der Waals surface area contributed by atoms with Crippen molar-refractivity contribution in [2.75, 3.05) is 18.4 Å². The molecule has 2 heterocycles. The molecule has 5 heteroatoms. The molecule has 2 N–H and O–H groups in total. The quantitative estimate of drug-likeness (QED) is 0.864. The van der Waals surface area contributed by atoms with Crippen molar-refractivity contribution in [1.29, 1.82) is 0 Å². The SMILES string of the molecule is CC(=O)Nc1ccc(CN2CCCC3(Cc4ccccc4CNC3=O)C2)cc1. The molecular formula is C23H27N3O2. The fraction of sp³-hybridized carbons (Fsp3) is 0.391. The number of hydrogen-bond acceptors (Lipinski definition) is 3. The molecule has 1 atom stereocenters. The minimum Gasteiger partial charge on any atom is -0.351 e. The number of hydrogen-bond donors (Lipinski definition) is 2. The second kappa shape index (κ2) is 7.76. The van der Waals surface area contributed by atoms with Gasteiger partial charge in [0.2, 0.25) is 11.8 Å². The minimum absolute atomic E-state index is 0.0645. The van der Waals surface area contributed by atoms with Gasteiger partial charge < -0.3 is 10.6 Å². The van der Waals surface area contributed by atoms with Gasteiger partial charge in [0.25, 0.3) is 0 Å². The van der Waals surface area contributed by atoms with Crippen molar-refractivity contribution < 1.29 is 9.59 Å². The number of likely N-dealkylation sites (tertiary alicyclic amines) is 1. The number of benzene rings is 2. The van der Waals surface area contributed by atoms with Gasteiger partial charge in [-0.15, -0.1) is 0 Å². The van der Waals surface area contributed by atoms with Crippen molar-refractivity contribution in [1.82, 2.24) is 10.2 Å². The average molecular weight is 377 g/mol. The largest absolute Gasteiger partial charge is 0.351 e. The Balaban J connectivity index is 1.49. The van der Waals surface area contributed by atoms with Crippen LogP contribution in [0.25, 0.3) is 0 Å². The second-order valence-electron chi connectivity index (χ2n) is 8.10. The molecule has 0 saturated carbocycles. The number of fused-ring (bicyclic) bond motifs is 1. The molecule has 2 aromatic carbocycles. The Hall–Kier alpha value is -2.66. The van der Waals surface area contributed by atoms with Gasteiger partial charge >= 0.3 is 0 Å². The Morgan fingerprint density at radius 1 is 1.14 bits per heavy atom. The molecule has 2 aromatic rings. The van der Waals surface area contributed by atoms with Crippen LogP contribution in [0.3, 0.4) is 0 Å². The summed E-state index contributed by atoms with van der Waals surface area (Å²) in [5.74, 6) is 0.125. The molecule has 4 rings (SSSR count). The van der Waals surface area contributed by atoms with Crippen molar-refractivity contribution in [3.05, 3.63) is 65.2 Å². The van der Waals surface area contributed by atoms with Crippen molar-refractivity contribution in [2.45, 2.75) is 39.3 Å². The fourth-order valence-electron chi connectivity index (χ4n) is 4.56. The van der Waals surface area contributed by atoms with Crippen LogP contribution in [0.4, 0.5) is 5.69 Å². The smallest absolute Gasteiger partial charge is 0.228 e. The van der Waals surface area contributed by atoms with E-state index in [4.69, 9.17) is 0 Å². The van der Waals surface area contributed by atoms with Crippen molar-refractivity contribution in [3.63, 3.8) is 0 Å². The third-order valence-electron chi connectivity index (χ3n) is 5.90. The number of nitrogens with one attached hydrogen (secondary N) is 2. The predicted molar refractivity (Wildman–Crippen MR) is 110 cm³/mol. The maximum Gasteiger partial charge on any atom is 0.228 e. The molecule has 5 nitrogen and oxygen atoms in total.